The molecule has 0 radical (unpaired) electrons. The maximum atomic E-state index is 5.49. The smallest absolute Gasteiger partial charge is 0.0845 e. The molecule has 0 saturated carbocycles. The summed E-state index contributed by atoms with van der Waals surface area (Å²) in [4.78, 5) is 0. The van der Waals surface area contributed by atoms with Gasteiger partial charge in [0.05, 0.1) is 13.4 Å². The Labute approximate surface area is 61.7 Å². The summed E-state index contributed by atoms with van der Waals surface area (Å²) in [6.07, 6.45) is 8.81. The monoisotopic (exact) mass is 139 g/mol. The number of hydrogen-bond donors (Lipinski definition) is 1. The zero-order chi connectivity index (χ0) is 7.82. The average molecular weight is 139 g/mol. The number of nitrogens with two attached hydrogens (primary N) is 1. The largest absolute Gasteiger partial charge is 0.504 e. The standard InChI is InChI=1S/C8H13NO/c1-3-4-5-8(9)6-7-10-2/h3-7H,9H2,1-2H3/b4-3-,7-6+,8-5+. The third kappa shape index (κ3) is 4.97. The van der Waals surface area contributed by atoms with E-state index in [1.807, 2.05) is 19.1 Å². The van der Waals surface area contributed by atoms with Gasteiger partial charge in [0.15, 0.2) is 0 Å². The fourth-order valence-electron chi connectivity index (χ4n) is 0.410. The van der Waals surface area contributed by atoms with Crippen LogP contribution >= 0.6 is 0 Å². The Kier molecular flexibility index (Phi) is 5.25. The highest BCUT2D eigenvalue weighted by atomic mass is 16.5. The van der Waals surface area contributed by atoms with Crippen LogP contribution in [-0.2, 0) is 4.74 Å². The van der Waals surface area contributed by atoms with Crippen molar-refractivity contribution in [1.29, 1.82) is 0 Å². The summed E-state index contributed by atoms with van der Waals surface area (Å²) in [6, 6.07) is 0. The van der Waals surface area contributed by atoms with Crippen LogP contribution in [0.15, 0.2) is 36.3 Å². The van der Waals surface area contributed by atoms with E-state index in [0.717, 1.165) is 0 Å². The van der Waals surface area contributed by atoms with Crippen LogP contribution in [0.1, 0.15) is 6.92 Å². The van der Waals surface area contributed by atoms with Crippen molar-refractivity contribution in [2.75, 3.05) is 7.11 Å². The lowest BCUT2D eigenvalue weighted by Gasteiger charge is -1.88. The molecule has 0 atom stereocenters. The van der Waals surface area contributed by atoms with Gasteiger partial charge in [-0.05, 0) is 19.1 Å². The molecule has 0 aliphatic rings. The fraction of sp³-hybridized carbons (Fsp3) is 0.250. The van der Waals surface area contributed by atoms with E-state index in [9.17, 15) is 0 Å². The van der Waals surface area contributed by atoms with Crippen LogP contribution in [0.4, 0.5) is 0 Å². The molecule has 0 aromatic rings. The van der Waals surface area contributed by atoms with Crippen LogP contribution in [0.5, 0.6) is 0 Å². The second kappa shape index (κ2) is 5.95. The Morgan fingerprint density at radius 2 is 2.20 bits per heavy atom. The highest BCUT2D eigenvalue weighted by Crippen LogP contribution is 1.87. The number of allylic oxidation sites excluding steroid dienone is 4. The molecule has 0 fully saturated rings. The first kappa shape index (κ1) is 8.82. The molecule has 2 nitrogen and oxygen atoms in total. The maximum Gasteiger partial charge on any atom is 0.0845 e. The molecule has 0 aliphatic heterocycles. The molecule has 2 N–H and O–H groups in total. The summed E-state index contributed by atoms with van der Waals surface area (Å²) < 4.78 is 4.67. The van der Waals surface area contributed by atoms with Crippen molar-refractivity contribution >= 4 is 0 Å². The van der Waals surface area contributed by atoms with Gasteiger partial charge in [0, 0.05) is 5.70 Å². The minimum Gasteiger partial charge on any atom is -0.504 e. The molecule has 0 spiro atoms. The van der Waals surface area contributed by atoms with Crippen molar-refractivity contribution in [1.82, 2.24) is 0 Å². The normalized spacial score (nSPS) is 13.2. The lowest BCUT2D eigenvalue weighted by atomic mass is 10.4. The Morgan fingerprint density at radius 1 is 1.50 bits per heavy atom. The van der Waals surface area contributed by atoms with Gasteiger partial charge in [0.2, 0.25) is 0 Å². The van der Waals surface area contributed by atoms with E-state index in [4.69, 9.17) is 5.73 Å². The van der Waals surface area contributed by atoms with Gasteiger partial charge in [-0.15, -0.1) is 0 Å². The van der Waals surface area contributed by atoms with Crippen LogP contribution in [0, 0.1) is 0 Å². The van der Waals surface area contributed by atoms with Gasteiger partial charge in [0.25, 0.3) is 0 Å². The van der Waals surface area contributed by atoms with Gasteiger partial charge in [-0.2, -0.15) is 0 Å². The molecule has 0 saturated heterocycles. The van der Waals surface area contributed by atoms with E-state index in [2.05, 4.69) is 4.74 Å². The zero-order valence-corrected chi connectivity index (χ0v) is 6.37. The van der Waals surface area contributed by atoms with Crippen molar-refractivity contribution in [3.63, 3.8) is 0 Å². The second-order valence-electron chi connectivity index (χ2n) is 1.73. The first-order valence-electron chi connectivity index (χ1n) is 3.09. The third-order valence-electron chi connectivity index (χ3n) is 0.878. The molecule has 0 aliphatic carbocycles. The van der Waals surface area contributed by atoms with Crippen molar-refractivity contribution < 1.29 is 4.74 Å². The molecule has 56 valence electrons. The third-order valence-corrected chi connectivity index (χ3v) is 0.878. The zero-order valence-electron chi connectivity index (χ0n) is 6.37. The van der Waals surface area contributed by atoms with Crippen LogP contribution < -0.4 is 5.73 Å². The van der Waals surface area contributed by atoms with Crippen LogP contribution in [0.25, 0.3) is 0 Å². The summed E-state index contributed by atoms with van der Waals surface area (Å²) in [6.45, 7) is 1.93. The summed E-state index contributed by atoms with van der Waals surface area (Å²) in [5.74, 6) is 0. The van der Waals surface area contributed by atoms with E-state index in [0.29, 0.717) is 5.70 Å². The van der Waals surface area contributed by atoms with E-state index in [-0.39, 0.29) is 0 Å². The van der Waals surface area contributed by atoms with Crippen molar-refractivity contribution in [3.05, 3.63) is 36.3 Å². The lowest BCUT2D eigenvalue weighted by Crippen LogP contribution is -1.91. The molecular weight excluding hydrogens is 126 g/mol. The number of methoxy groups -OCH3 is 1. The first-order valence-corrected chi connectivity index (χ1v) is 3.09. The molecular formula is C8H13NO. The Bertz CT molecular complexity index is 157. The van der Waals surface area contributed by atoms with Crippen LogP contribution in [0.2, 0.25) is 0 Å². The second-order valence-corrected chi connectivity index (χ2v) is 1.73. The van der Waals surface area contributed by atoms with Crippen molar-refractivity contribution in [2.24, 2.45) is 5.73 Å². The minimum absolute atomic E-state index is 0.681. The van der Waals surface area contributed by atoms with Crippen LogP contribution in [-0.4, -0.2) is 7.11 Å². The summed E-state index contributed by atoms with van der Waals surface area (Å²) in [7, 11) is 1.58. The number of ether oxygens (including phenoxy) is 1. The lowest BCUT2D eigenvalue weighted by molar-refractivity contribution is 0.338. The summed E-state index contributed by atoms with van der Waals surface area (Å²) in [5.41, 5.74) is 6.17. The quantitative estimate of drug-likeness (QED) is 0.475. The topological polar surface area (TPSA) is 35.2 Å². The van der Waals surface area contributed by atoms with Crippen molar-refractivity contribution in [2.45, 2.75) is 6.92 Å². The highest BCUT2D eigenvalue weighted by Gasteiger charge is 1.75. The predicted octanol–water partition coefficient (Wildman–Crippen LogP) is 1.57. The molecule has 0 bridgehead atoms. The first-order chi connectivity index (χ1) is 4.81. The number of hydrogen-bond acceptors (Lipinski definition) is 2. The minimum atomic E-state index is 0.681. The SMILES string of the molecule is C\C=C/C=C(N)\C=C\OC. The fourth-order valence-corrected chi connectivity index (χ4v) is 0.410. The molecule has 0 aromatic heterocycles. The maximum absolute atomic E-state index is 5.49. The Morgan fingerprint density at radius 3 is 2.70 bits per heavy atom. The van der Waals surface area contributed by atoms with Crippen molar-refractivity contribution in [3.8, 4) is 0 Å². The molecule has 2 heteroatoms. The highest BCUT2D eigenvalue weighted by molar-refractivity contribution is 5.19. The van der Waals surface area contributed by atoms with Gasteiger partial charge < -0.3 is 10.5 Å². The molecule has 0 heterocycles. The van der Waals surface area contributed by atoms with E-state index in [1.165, 1.54) is 6.26 Å². The van der Waals surface area contributed by atoms with Gasteiger partial charge in [-0.1, -0.05) is 12.2 Å². The molecule has 0 aromatic carbocycles. The molecule has 0 rings (SSSR count). The number of rotatable bonds is 3. The molecule has 0 unspecified atom stereocenters. The molecule has 10 heavy (non-hydrogen) atoms. The Balaban J connectivity index is 3.81. The Hall–Kier alpha value is -1.18. The summed E-state index contributed by atoms with van der Waals surface area (Å²) >= 11 is 0. The predicted molar refractivity (Wildman–Crippen MR) is 43.2 cm³/mol. The van der Waals surface area contributed by atoms with Gasteiger partial charge >= 0.3 is 0 Å². The van der Waals surface area contributed by atoms with E-state index < -0.39 is 0 Å². The average Bonchev–Trinajstić information content (AvgIpc) is 1.97. The summed E-state index contributed by atoms with van der Waals surface area (Å²) in [5, 5.41) is 0. The molecule has 0 amide bonds. The van der Waals surface area contributed by atoms with Crippen LogP contribution in [0.3, 0.4) is 0 Å². The van der Waals surface area contributed by atoms with Gasteiger partial charge in [-0.25, -0.2) is 0 Å². The van der Waals surface area contributed by atoms with Gasteiger partial charge in [0.1, 0.15) is 0 Å². The van der Waals surface area contributed by atoms with Gasteiger partial charge in [-0.3, -0.25) is 0 Å². The van der Waals surface area contributed by atoms with E-state index >= 15 is 0 Å². The van der Waals surface area contributed by atoms with E-state index in [1.54, 1.807) is 19.3 Å².